The minimum Gasteiger partial charge on any atom is -0.393 e. The number of rotatable bonds is 1. The van der Waals surface area contributed by atoms with Crippen LogP contribution in [0.1, 0.15) is 37.3 Å². The third-order valence-corrected chi connectivity index (χ3v) is 3.29. The molecule has 0 aliphatic heterocycles. The molecule has 0 saturated heterocycles. The van der Waals surface area contributed by atoms with E-state index in [0.29, 0.717) is 0 Å². The Bertz CT molecular complexity index is 337. The van der Waals surface area contributed by atoms with Gasteiger partial charge in [-0.05, 0) is 42.7 Å². The summed E-state index contributed by atoms with van der Waals surface area (Å²) in [5.74, 6) is 0. The molecule has 0 amide bonds. The number of hydrogen-bond acceptors (Lipinski definition) is 2. The van der Waals surface area contributed by atoms with Crippen molar-refractivity contribution in [3.8, 4) is 0 Å². The Hall–Kier alpha value is -0.890. The SMILES string of the molecule is Cc1cncc(C2(C)CCC(O)C2)c1. The Labute approximate surface area is 85.0 Å². The molecule has 0 aromatic carbocycles. The molecular formula is C12H17NO. The minimum atomic E-state index is -0.125. The van der Waals surface area contributed by atoms with Crippen LogP contribution in [0.5, 0.6) is 0 Å². The first-order chi connectivity index (χ1) is 6.60. The molecule has 76 valence electrons. The van der Waals surface area contributed by atoms with Gasteiger partial charge in [0.2, 0.25) is 0 Å². The number of nitrogens with zero attached hydrogens (tertiary/aromatic N) is 1. The van der Waals surface area contributed by atoms with Crippen LogP contribution in [-0.2, 0) is 5.41 Å². The van der Waals surface area contributed by atoms with Gasteiger partial charge < -0.3 is 5.11 Å². The van der Waals surface area contributed by atoms with Crippen molar-refractivity contribution in [2.75, 3.05) is 0 Å². The summed E-state index contributed by atoms with van der Waals surface area (Å²) in [6.45, 7) is 4.28. The summed E-state index contributed by atoms with van der Waals surface area (Å²) in [5, 5.41) is 9.58. The molecule has 1 aliphatic rings. The van der Waals surface area contributed by atoms with E-state index in [1.807, 2.05) is 12.4 Å². The maximum Gasteiger partial charge on any atom is 0.0549 e. The molecule has 1 aromatic heterocycles. The molecule has 0 spiro atoms. The molecule has 2 unspecified atom stereocenters. The van der Waals surface area contributed by atoms with Crippen molar-refractivity contribution >= 4 is 0 Å². The van der Waals surface area contributed by atoms with Crippen LogP contribution in [0.4, 0.5) is 0 Å². The number of aliphatic hydroxyl groups is 1. The van der Waals surface area contributed by atoms with E-state index in [2.05, 4.69) is 24.9 Å². The van der Waals surface area contributed by atoms with Crippen molar-refractivity contribution in [1.29, 1.82) is 0 Å². The van der Waals surface area contributed by atoms with Crippen molar-refractivity contribution in [3.63, 3.8) is 0 Å². The Morgan fingerprint density at radius 2 is 2.29 bits per heavy atom. The van der Waals surface area contributed by atoms with Crippen LogP contribution >= 0.6 is 0 Å². The van der Waals surface area contributed by atoms with Gasteiger partial charge in [-0.1, -0.05) is 13.0 Å². The lowest BCUT2D eigenvalue weighted by molar-refractivity contribution is 0.175. The zero-order valence-electron chi connectivity index (χ0n) is 8.83. The molecular weight excluding hydrogens is 174 g/mol. The maximum absolute atomic E-state index is 9.58. The summed E-state index contributed by atoms with van der Waals surface area (Å²) >= 11 is 0. The van der Waals surface area contributed by atoms with E-state index in [1.165, 1.54) is 11.1 Å². The Kier molecular flexibility index (Phi) is 2.31. The zero-order chi connectivity index (χ0) is 10.2. The van der Waals surface area contributed by atoms with Gasteiger partial charge in [0, 0.05) is 12.4 Å². The van der Waals surface area contributed by atoms with Crippen molar-refractivity contribution in [1.82, 2.24) is 4.98 Å². The molecule has 0 radical (unpaired) electrons. The quantitative estimate of drug-likeness (QED) is 0.738. The predicted molar refractivity (Wildman–Crippen MR) is 56.2 cm³/mol. The van der Waals surface area contributed by atoms with Crippen LogP contribution in [-0.4, -0.2) is 16.2 Å². The van der Waals surface area contributed by atoms with E-state index in [9.17, 15) is 5.11 Å². The first-order valence-electron chi connectivity index (χ1n) is 5.20. The highest BCUT2D eigenvalue weighted by Gasteiger charge is 2.35. The number of aliphatic hydroxyl groups excluding tert-OH is 1. The highest BCUT2D eigenvalue weighted by Crippen LogP contribution is 2.40. The van der Waals surface area contributed by atoms with E-state index in [1.54, 1.807) is 0 Å². The Morgan fingerprint density at radius 3 is 2.86 bits per heavy atom. The van der Waals surface area contributed by atoms with Crippen LogP contribution in [0, 0.1) is 6.92 Å². The molecule has 14 heavy (non-hydrogen) atoms. The van der Waals surface area contributed by atoms with Crippen LogP contribution in [0.15, 0.2) is 18.5 Å². The molecule has 2 nitrogen and oxygen atoms in total. The molecule has 2 rings (SSSR count). The fourth-order valence-electron chi connectivity index (χ4n) is 2.36. The van der Waals surface area contributed by atoms with Crippen LogP contribution in [0.3, 0.4) is 0 Å². The molecule has 1 aromatic rings. The van der Waals surface area contributed by atoms with Gasteiger partial charge in [0.15, 0.2) is 0 Å². The summed E-state index contributed by atoms with van der Waals surface area (Å²) in [5.41, 5.74) is 2.61. The first kappa shape index (κ1) is 9.66. The molecule has 1 N–H and O–H groups in total. The lowest BCUT2D eigenvalue weighted by atomic mass is 9.81. The van der Waals surface area contributed by atoms with Crippen LogP contribution in [0.2, 0.25) is 0 Å². The molecule has 2 atom stereocenters. The van der Waals surface area contributed by atoms with Gasteiger partial charge in [-0.25, -0.2) is 0 Å². The van der Waals surface area contributed by atoms with Gasteiger partial charge in [-0.3, -0.25) is 4.98 Å². The second-order valence-electron chi connectivity index (χ2n) is 4.71. The summed E-state index contributed by atoms with van der Waals surface area (Å²) in [4.78, 5) is 4.22. The second-order valence-corrected chi connectivity index (χ2v) is 4.71. The normalized spacial score (nSPS) is 32.1. The van der Waals surface area contributed by atoms with Gasteiger partial charge in [-0.2, -0.15) is 0 Å². The second kappa shape index (κ2) is 3.35. The minimum absolute atomic E-state index is 0.125. The summed E-state index contributed by atoms with van der Waals surface area (Å²) in [7, 11) is 0. The van der Waals surface area contributed by atoms with Gasteiger partial charge in [-0.15, -0.1) is 0 Å². The predicted octanol–water partition coefficient (Wildman–Crippen LogP) is 2.19. The van der Waals surface area contributed by atoms with Gasteiger partial charge in [0.25, 0.3) is 0 Å². The average molecular weight is 191 g/mol. The van der Waals surface area contributed by atoms with E-state index >= 15 is 0 Å². The van der Waals surface area contributed by atoms with Crippen molar-refractivity contribution in [2.24, 2.45) is 0 Å². The molecule has 1 aliphatic carbocycles. The molecule has 1 fully saturated rings. The third-order valence-electron chi connectivity index (χ3n) is 3.29. The molecule has 2 heteroatoms. The van der Waals surface area contributed by atoms with E-state index in [4.69, 9.17) is 0 Å². The van der Waals surface area contributed by atoms with Crippen LogP contribution < -0.4 is 0 Å². The number of aryl methyl sites for hydroxylation is 1. The highest BCUT2D eigenvalue weighted by molar-refractivity contribution is 5.26. The lowest BCUT2D eigenvalue weighted by Gasteiger charge is -2.24. The largest absolute Gasteiger partial charge is 0.393 e. The standard InChI is InChI=1S/C12H17NO/c1-9-5-10(8-13-7-9)12(2)4-3-11(14)6-12/h5,7-8,11,14H,3-4,6H2,1-2H3. The summed E-state index contributed by atoms with van der Waals surface area (Å²) in [6.07, 6.45) is 6.55. The average Bonchev–Trinajstić information content (AvgIpc) is 2.48. The van der Waals surface area contributed by atoms with E-state index in [0.717, 1.165) is 19.3 Å². The Balaban J connectivity index is 2.30. The number of pyridine rings is 1. The third kappa shape index (κ3) is 1.67. The highest BCUT2D eigenvalue weighted by atomic mass is 16.3. The lowest BCUT2D eigenvalue weighted by Crippen LogP contribution is -2.19. The van der Waals surface area contributed by atoms with Crippen LogP contribution in [0.25, 0.3) is 0 Å². The molecule has 0 bridgehead atoms. The topological polar surface area (TPSA) is 33.1 Å². The first-order valence-corrected chi connectivity index (χ1v) is 5.20. The van der Waals surface area contributed by atoms with E-state index in [-0.39, 0.29) is 11.5 Å². The number of hydrogen-bond donors (Lipinski definition) is 1. The summed E-state index contributed by atoms with van der Waals surface area (Å²) in [6, 6.07) is 2.19. The fraction of sp³-hybridized carbons (Fsp3) is 0.583. The van der Waals surface area contributed by atoms with Gasteiger partial charge in [0.1, 0.15) is 0 Å². The summed E-state index contributed by atoms with van der Waals surface area (Å²) < 4.78 is 0. The van der Waals surface area contributed by atoms with Gasteiger partial charge in [0.05, 0.1) is 6.10 Å². The monoisotopic (exact) mass is 191 g/mol. The molecule has 1 heterocycles. The number of aromatic nitrogens is 1. The van der Waals surface area contributed by atoms with Crippen molar-refractivity contribution in [3.05, 3.63) is 29.6 Å². The van der Waals surface area contributed by atoms with E-state index < -0.39 is 0 Å². The smallest absolute Gasteiger partial charge is 0.0549 e. The van der Waals surface area contributed by atoms with Crippen molar-refractivity contribution < 1.29 is 5.11 Å². The molecule has 1 saturated carbocycles. The van der Waals surface area contributed by atoms with Crippen molar-refractivity contribution in [2.45, 2.75) is 44.6 Å². The zero-order valence-corrected chi connectivity index (χ0v) is 8.83. The fourth-order valence-corrected chi connectivity index (χ4v) is 2.36. The Morgan fingerprint density at radius 1 is 1.50 bits per heavy atom. The van der Waals surface area contributed by atoms with Gasteiger partial charge >= 0.3 is 0 Å². The maximum atomic E-state index is 9.58.